The minimum Gasteiger partial charge on any atom is -0.506 e. The molecule has 0 aliphatic rings. The van der Waals surface area contributed by atoms with Gasteiger partial charge in [-0.3, -0.25) is 9.78 Å². The Kier molecular flexibility index (Phi) is 4.86. The van der Waals surface area contributed by atoms with Crippen molar-refractivity contribution >= 4 is 44.0 Å². The second-order valence-electron chi connectivity index (χ2n) is 3.77. The topological polar surface area (TPSA) is 74.6 Å². The van der Waals surface area contributed by atoms with E-state index < -0.39 is 0 Å². The molecule has 0 atom stereocenters. The smallest absolute Gasteiger partial charge is 0.271 e. The van der Waals surface area contributed by atoms with Crippen LogP contribution in [0.1, 0.15) is 15.9 Å². The Bertz CT molecular complexity index is 637. The SMILES string of the molecule is O=C(NN=Cc1cc(Br)c(O)c(Br)c1)c1ccncc1. The van der Waals surface area contributed by atoms with E-state index in [-0.39, 0.29) is 11.7 Å². The van der Waals surface area contributed by atoms with Crippen molar-refractivity contribution < 1.29 is 9.90 Å². The molecule has 5 nitrogen and oxygen atoms in total. The summed E-state index contributed by atoms with van der Waals surface area (Å²) in [5.41, 5.74) is 3.61. The van der Waals surface area contributed by atoms with Crippen LogP contribution in [0.4, 0.5) is 0 Å². The molecule has 2 N–H and O–H groups in total. The second-order valence-corrected chi connectivity index (χ2v) is 5.48. The lowest BCUT2D eigenvalue weighted by Gasteiger charge is -2.02. The van der Waals surface area contributed by atoms with E-state index in [2.05, 4.69) is 47.4 Å². The molecule has 0 bridgehead atoms. The number of halogens is 2. The molecule has 0 aliphatic heterocycles. The molecule has 0 unspecified atom stereocenters. The summed E-state index contributed by atoms with van der Waals surface area (Å²) in [5, 5.41) is 13.4. The lowest BCUT2D eigenvalue weighted by molar-refractivity contribution is 0.0955. The average molecular weight is 399 g/mol. The number of carbonyl (C=O) groups excluding carboxylic acids is 1. The molecule has 102 valence electrons. The van der Waals surface area contributed by atoms with E-state index in [0.717, 1.165) is 5.56 Å². The number of hydrogen-bond donors (Lipinski definition) is 2. The fourth-order valence-corrected chi connectivity index (χ4v) is 2.61. The van der Waals surface area contributed by atoms with Crippen LogP contribution in [0.25, 0.3) is 0 Å². The Morgan fingerprint density at radius 3 is 2.45 bits per heavy atom. The number of nitrogens with zero attached hydrogens (tertiary/aromatic N) is 2. The van der Waals surface area contributed by atoms with Crippen LogP contribution in [0.5, 0.6) is 5.75 Å². The molecule has 7 heteroatoms. The maximum Gasteiger partial charge on any atom is 0.271 e. The molecule has 0 aliphatic carbocycles. The molecule has 0 spiro atoms. The van der Waals surface area contributed by atoms with Crippen molar-refractivity contribution in [2.75, 3.05) is 0 Å². The van der Waals surface area contributed by atoms with Crippen molar-refractivity contribution in [2.45, 2.75) is 0 Å². The summed E-state index contributed by atoms with van der Waals surface area (Å²) in [7, 11) is 0. The van der Waals surface area contributed by atoms with Crippen LogP contribution < -0.4 is 5.43 Å². The number of phenols is 1. The number of pyridine rings is 1. The second kappa shape index (κ2) is 6.62. The van der Waals surface area contributed by atoms with E-state index in [0.29, 0.717) is 14.5 Å². The molecule has 0 radical (unpaired) electrons. The minimum absolute atomic E-state index is 0.114. The number of aromatic nitrogens is 1. The number of nitrogens with one attached hydrogen (secondary N) is 1. The molecule has 0 fully saturated rings. The van der Waals surface area contributed by atoms with E-state index in [4.69, 9.17) is 0 Å². The molecule has 1 aromatic carbocycles. The highest BCUT2D eigenvalue weighted by atomic mass is 79.9. The van der Waals surface area contributed by atoms with Crippen LogP contribution in [0, 0.1) is 0 Å². The number of hydrogen-bond acceptors (Lipinski definition) is 4. The molecule has 2 rings (SSSR count). The number of hydrazone groups is 1. The predicted octanol–water partition coefficient (Wildman–Crippen LogP) is 3.08. The zero-order valence-electron chi connectivity index (χ0n) is 10.0. The number of rotatable bonds is 3. The third-order valence-corrected chi connectivity index (χ3v) is 3.57. The van der Waals surface area contributed by atoms with Crippen LogP contribution in [0.3, 0.4) is 0 Å². The fraction of sp³-hybridized carbons (Fsp3) is 0. The fourth-order valence-electron chi connectivity index (χ4n) is 1.39. The minimum atomic E-state index is -0.319. The molecule has 0 saturated carbocycles. The first kappa shape index (κ1) is 14.7. The highest BCUT2D eigenvalue weighted by Crippen LogP contribution is 2.32. The molecule has 0 saturated heterocycles. The van der Waals surface area contributed by atoms with Crippen molar-refractivity contribution in [2.24, 2.45) is 5.10 Å². The van der Waals surface area contributed by atoms with Crippen molar-refractivity contribution in [3.63, 3.8) is 0 Å². The number of aromatic hydroxyl groups is 1. The highest BCUT2D eigenvalue weighted by molar-refractivity contribution is 9.11. The zero-order valence-corrected chi connectivity index (χ0v) is 13.2. The van der Waals surface area contributed by atoms with Gasteiger partial charge in [0.05, 0.1) is 15.2 Å². The van der Waals surface area contributed by atoms with Gasteiger partial charge in [0.1, 0.15) is 5.75 Å². The summed E-state index contributed by atoms with van der Waals surface area (Å²) in [4.78, 5) is 15.5. The first-order valence-corrected chi connectivity index (χ1v) is 7.08. The molecule has 1 heterocycles. The molecule has 2 aromatic rings. The van der Waals surface area contributed by atoms with Gasteiger partial charge in [0.2, 0.25) is 0 Å². The van der Waals surface area contributed by atoms with Crippen molar-refractivity contribution in [3.8, 4) is 5.75 Å². The Hall–Kier alpha value is -1.73. The maximum absolute atomic E-state index is 11.7. The van der Waals surface area contributed by atoms with Gasteiger partial charge in [0, 0.05) is 18.0 Å². The Morgan fingerprint density at radius 1 is 1.25 bits per heavy atom. The highest BCUT2D eigenvalue weighted by Gasteiger charge is 2.05. The number of carbonyl (C=O) groups is 1. The van der Waals surface area contributed by atoms with E-state index in [1.807, 2.05) is 0 Å². The summed E-state index contributed by atoms with van der Waals surface area (Å²) >= 11 is 6.44. The summed E-state index contributed by atoms with van der Waals surface area (Å²) in [6, 6.07) is 6.56. The van der Waals surface area contributed by atoms with E-state index in [1.54, 1.807) is 24.3 Å². The lowest BCUT2D eigenvalue weighted by atomic mass is 10.2. The Labute approximate surface area is 132 Å². The quantitative estimate of drug-likeness (QED) is 0.616. The third-order valence-electron chi connectivity index (χ3n) is 2.36. The molecular formula is C13H9Br2N3O2. The van der Waals surface area contributed by atoms with Crippen molar-refractivity contribution in [1.82, 2.24) is 10.4 Å². The predicted molar refractivity (Wildman–Crippen MR) is 82.8 cm³/mol. The van der Waals surface area contributed by atoms with Gasteiger partial charge in [0.15, 0.2) is 0 Å². The van der Waals surface area contributed by atoms with Gasteiger partial charge in [-0.15, -0.1) is 0 Å². The Balaban J connectivity index is 2.06. The van der Waals surface area contributed by atoms with Crippen molar-refractivity contribution in [1.29, 1.82) is 0 Å². The first-order valence-electron chi connectivity index (χ1n) is 5.49. The van der Waals surface area contributed by atoms with Gasteiger partial charge in [-0.2, -0.15) is 5.10 Å². The van der Waals surface area contributed by atoms with Crippen molar-refractivity contribution in [3.05, 3.63) is 56.7 Å². The standard InChI is InChI=1S/C13H9Br2N3O2/c14-10-5-8(6-11(15)12(10)19)7-17-18-13(20)9-1-3-16-4-2-9/h1-7,19H,(H,18,20). The molecular weight excluding hydrogens is 390 g/mol. The summed E-state index contributed by atoms with van der Waals surface area (Å²) in [5.74, 6) is -0.205. The Morgan fingerprint density at radius 2 is 1.85 bits per heavy atom. The number of phenolic OH excluding ortho intramolecular Hbond substituents is 1. The van der Waals surface area contributed by atoms with Gasteiger partial charge in [-0.05, 0) is 61.7 Å². The normalized spacial score (nSPS) is 10.7. The zero-order chi connectivity index (χ0) is 14.5. The summed E-state index contributed by atoms with van der Waals surface area (Å²) in [6.07, 6.45) is 4.55. The van der Waals surface area contributed by atoms with Gasteiger partial charge < -0.3 is 5.11 Å². The average Bonchev–Trinajstić information content (AvgIpc) is 2.45. The lowest BCUT2D eigenvalue weighted by Crippen LogP contribution is -2.17. The van der Waals surface area contributed by atoms with Gasteiger partial charge in [-0.25, -0.2) is 5.43 Å². The van der Waals surface area contributed by atoms with E-state index >= 15 is 0 Å². The van der Waals surface area contributed by atoms with Crippen LogP contribution >= 0.6 is 31.9 Å². The van der Waals surface area contributed by atoms with E-state index in [9.17, 15) is 9.90 Å². The number of amides is 1. The molecule has 1 amide bonds. The first-order chi connectivity index (χ1) is 9.58. The molecule has 1 aromatic heterocycles. The van der Waals surface area contributed by atoms with Crippen LogP contribution in [0.2, 0.25) is 0 Å². The van der Waals surface area contributed by atoms with E-state index in [1.165, 1.54) is 18.6 Å². The summed E-state index contributed by atoms with van der Waals surface area (Å²) < 4.78 is 1.07. The van der Waals surface area contributed by atoms with Gasteiger partial charge >= 0.3 is 0 Å². The number of benzene rings is 1. The monoisotopic (exact) mass is 397 g/mol. The summed E-state index contributed by atoms with van der Waals surface area (Å²) in [6.45, 7) is 0. The maximum atomic E-state index is 11.7. The van der Waals surface area contributed by atoms with Gasteiger partial charge in [-0.1, -0.05) is 0 Å². The third kappa shape index (κ3) is 3.64. The van der Waals surface area contributed by atoms with Crippen LogP contribution in [-0.2, 0) is 0 Å². The molecule has 20 heavy (non-hydrogen) atoms. The van der Waals surface area contributed by atoms with Gasteiger partial charge in [0.25, 0.3) is 5.91 Å². The largest absolute Gasteiger partial charge is 0.506 e. The van der Waals surface area contributed by atoms with Crippen LogP contribution in [0.15, 0.2) is 50.7 Å². The van der Waals surface area contributed by atoms with Crippen LogP contribution in [-0.4, -0.2) is 22.2 Å².